The molecule has 0 heterocycles. The second-order valence-corrected chi connectivity index (χ2v) is 6.33. The number of halogens is 2. The molecule has 2 rings (SSSR count). The molecule has 1 aliphatic carbocycles. The Morgan fingerprint density at radius 2 is 2.00 bits per heavy atom. The van der Waals surface area contributed by atoms with Gasteiger partial charge in [0, 0.05) is 16.6 Å². The Labute approximate surface area is 119 Å². The summed E-state index contributed by atoms with van der Waals surface area (Å²) in [5, 5.41) is 3.61. The van der Waals surface area contributed by atoms with Crippen LogP contribution in [-0.4, -0.2) is 13.2 Å². The summed E-state index contributed by atoms with van der Waals surface area (Å²) in [7, 11) is 1.69. The molecule has 17 heavy (non-hydrogen) atoms. The summed E-state index contributed by atoms with van der Waals surface area (Å²) in [5.74, 6) is 1.61. The molecule has 94 valence electrons. The molecule has 0 radical (unpaired) electrons. The van der Waals surface area contributed by atoms with Crippen LogP contribution in [0.2, 0.25) is 0 Å². The monoisotopic (exact) mass is 361 g/mol. The van der Waals surface area contributed by atoms with E-state index in [9.17, 15) is 0 Å². The number of hydrogen-bond donors (Lipinski definition) is 1. The molecular weight excluding hydrogens is 346 g/mol. The number of nitrogens with one attached hydrogen (secondary N) is 1. The second-order valence-electron chi connectivity index (χ2n) is 4.63. The minimum absolute atomic E-state index is 0.581. The van der Waals surface area contributed by atoms with Gasteiger partial charge < -0.3 is 10.1 Å². The third-order valence-corrected chi connectivity index (χ3v) is 4.72. The summed E-state index contributed by atoms with van der Waals surface area (Å²) in [6, 6.07) is 4.65. The highest BCUT2D eigenvalue weighted by Gasteiger charge is 2.23. The van der Waals surface area contributed by atoms with E-state index in [4.69, 9.17) is 4.74 Å². The predicted molar refractivity (Wildman–Crippen MR) is 78.8 cm³/mol. The maximum Gasteiger partial charge on any atom is 0.135 e. The van der Waals surface area contributed by atoms with E-state index in [0.717, 1.165) is 26.3 Å². The Bertz CT molecular complexity index is 409. The standard InChI is InChI=1S/C13H17Br2NO/c1-8-4-3-5-11(8)16-12-7-13(17-2)10(15)6-9(12)14/h6-8,11,16H,3-5H2,1-2H3. The van der Waals surface area contributed by atoms with Crippen molar-refractivity contribution in [2.24, 2.45) is 5.92 Å². The lowest BCUT2D eigenvalue weighted by Gasteiger charge is -2.20. The smallest absolute Gasteiger partial charge is 0.135 e. The molecule has 4 heteroatoms. The third-order valence-electron chi connectivity index (χ3n) is 3.44. The van der Waals surface area contributed by atoms with Crippen molar-refractivity contribution in [1.29, 1.82) is 0 Å². The molecule has 1 fully saturated rings. The normalized spacial score (nSPS) is 23.8. The maximum absolute atomic E-state index is 5.32. The minimum Gasteiger partial charge on any atom is -0.495 e. The van der Waals surface area contributed by atoms with E-state index >= 15 is 0 Å². The van der Waals surface area contributed by atoms with Crippen LogP contribution in [0.5, 0.6) is 5.75 Å². The summed E-state index contributed by atoms with van der Waals surface area (Å²) < 4.78 is 7.37. The number of anilines is 1. The summed E-state index contributed by atoms with van der Waals surface area (Å²) in [6.07, 6.45) is 3.90. The van der Waals surface area contributed by atoms with E-state index in [1.165, 1.54) is 19.3 Å². The first-order valence-electron chi connectivity index (χ1n) is 5.91. The first-order valence-corrected chi connectivity index (χ1v) is 7.50. The van der Waals surface area contributed by atoms with Gasteiger partial charge in [0.15, 0.2) is 0 Å². The zero-order valence-corrected chi connectivity index (χ0v) is 13.3. The summed E-state index contributed by atoms with van der Waals surface area (Å²) in [6.45, 7) is 2.31. The molecule has 1 aromatic rings. The molecule has 1 aliphatic rings. The molecule has 0 aliphatic heterocycles. The zero-order valence-electron chi connectivity index (χ0n) is 10.1. The Morgan fingerprint density at radius 3 is 2.59 bits per heavy atom. The largest absolute Gasteiger partial charge is 0.495 e. The zero-order chi connectivity index (χ0) is 12.4. The van der Waals surface area contributed by atoms with Crippen molar-refractivity contribution in [3.63, 3.8) is 0 Å². The van der Waals surface area contributed by atoms with E-state index in [1.54, 1.807) is 7.11 Å². The van der Waals surface area contributed by atoms with Crippen molar-refractivity contribution >= 4 is 37.5 Å². The van der Waals surface area contributed by atoms with Crippen molar-refractivity contribution in [1.82, 2.24) is 0 Å². The number of rotatable bonds is 3. The van der Waals surface area contributed by atoms with Crippen LogP contribution in [0.25, 0.3) is 0 Å². The fraction of sp³-hybridized carbons (Fsp3) is 0.538. The van der Waals surface area contributed by atoms with E-state index in [1.807, 2.05) is 12.1 Å². The van der Waals surface area contributed by atoms with Crippen molar-refractivity contribution < 1.29 is 4.74 Å². The molecule has 1 saturated carbocycles. The van der Waals surface area contributed by atoms with Gasteiger partial charge in [-0.2, -0.15) is 0 Å². The van der Waals surface area contributed by atoms with Gasteiger partial charge in [-0.3, -0.25) is 0 Å². The first-order chi connectivity index (χ1) is 8.11. The highest BCUT2D eigenvalue weighted by atomic mass is 79.9. The lowest BCUT2D eigenvalue weighted by molar-refractivity contribution is 0.412. The first kappa shape index (κ1) is 13.2. The van der Waals surface area contributed by atoms with E-state index in [-0.39, 0.29) is 0 Å². The summed E-state index contributed by atoms with van der Waals surface area (Å²) >= 11 is 7.07. The molecule has 2 atom stereocenters. The molecule has 1 aromatic carbocycles. The highest BCUT2D eigenvalue weighted by molar-refractivity contribution is 9.11. The lowest BCUT2D eigenvalue weighted by atomic mass is 10.1. The van der Waals surface area contributed by atoms with Gasteiger partial charge in [0.1, 0.15) is 5.75 Å². The number of hydrogen-bond acceptors (Lipinski definition) is 2. The topological polar surface area (TPSA) is 21.3 Å². The molecule has 0 spiro atoms. The molecule has 0 saturated heterocycles. The van der Waals surface area contributed by atoms with Crippen molar-refractivity contribution in [3.8, 4) is 5.75 Å². The van der Waals surface area contributed by atoms with E-state index in [2.05, 4.69) is 44.1 Å². The summed E-state index contributed by atoms with van der Waals surface area (Å²) in [4.78, 5) is 0. The minimum atomic E-state index is 0.581. The molecule has 2 nitrogen and oxygen atoms in total. The SMILES string of the molecule is COc1cc(NC2CCCC2C)c(Br)cc1Br. The van der Waals surface area contributed by atoms with Gasteiger partial charge in [-0.25, -0.2) is 0 Å². The van der Waals surface area contributed by atoms with E-state index < -0.39 is 0 Å². The van der Waals surface area contributed by atoms with Crippen molar-refractivity contribution in [3.05, 3.63) is 21.1 Å². The lowest BCUT2D eigenvalue weighted by Crippen LogP contribution is -2.22. The van der Waals surface area contributed by atoms with Crippen LogP contribution in [0, 0.1) is 5.92 Å². The predicted octanol–water partition coefficient (Wildman–Crippen LogP) is 4.82. The Kier molecular flexibility index (Phi) is 4.36. The van der Waals surface area contributed by atoms with Crippen LogP contribution in [0.3, 0.4) is 0 Å². The fourth-order valence-electron chi connectivity index (χ4n) is 2.36. The molecule has 0 aromatic heterocycles. The molecular formula is C13H17Br2NO. The van der Waals surface area contributed by atoms with Crippen LogP contribution in [-0.2, 0) is 0 Å². The second kappa shape index (κ2) is 5.61. The Balaban J connectivity index is 2.20. The van der Waals surface area contributed by atoms with Crippen LogP contribution >= 0.6 is 31.9 Å². The van der Waals surface area contributed by atoms with Gasteiger partial charge in [0.2, 0.25) is 0 Å². The Morgan fingerprint density at radius 1 is 1.24 bits per heavy atom. The highest BCUT2D eigenvalue weighted by Crippen LogP contribution is 2.37. The van der Waals surface area contributed by atoms with E-state index in [0.29, 0.717) is 6.04 Å². The maximum atomic E-state index is 5.32. The molecule has 2 unspecified atom stereocenters. The number of methoxy groups -OCH3 is 1. The Hall–Kier alpha value is -0.220. The molecule has 0 bridgehead atoms. The quantitative estimate of drug-likeness (QED) is 0.832. The van der Waals surface area contributed by atoms with Crippen LogP contribution in [0.4, 0.5) is 5.69 Å². The fourth-order valence-corrected chi connectivity index (χ4v) is 3.63. The average molecular weight is 363 g/mol. The van der Waals surface area contributed by atoms with Gasteiger partial charge in [0.25, 0.3) is 0 Å². The van der Waals surface area contributed by atoms with Crippen LogP contribution in [0.1, 0.15) is 26.2 Å². The van der Waals surface area contributed by atoms with Crippen molar-refractivity contribution in [2.75, 3.05) is 12.4 Å². The van der Waals surface area contributed by atoms with Gasteiger partial charge in [-0.05, 0) is 56.7 Å². The third kappa shape index (κ3) is 2.97. The number of benzene rings is 1. The van der Waals surface area contributed by atoms with Crippen molar-refractivity contribution in [2.45, 2.75) is 32.2 Å². The average Bonchev–Trinajstić information content (AvgIpc) is 2.68. The molecule has 0 amide bonds. The van der Waals surface area contributed by atoms with Gasteiger partial charge >= 0.3 is 0 Å². The van der Waals surface area contributed by atoms with Gasteiger partial charge in [0.05, 0.1) is 17.3 Å². The van der Waals surface area contributed by atoms with Gasteiger partial charge in [-0.15, -0.1) is 0 Å². The summed E-state index contributed by atoms with van der Waals surface area (Å²) in [5.41, 5.74) is 1.11. The van der Waals surface area contributed by atoms with Crippen LogP contribution in [0.15, 0.2) is 21.1 Å². The van der Waals surface area contributed by atoms with Crippen LogP contribution < -0.4 is 10.1 Å². The van der Waals surface area contributed by atoms with Gasteiger partial charge in [-0.1, -0.05) is 13.3 Å². The number of ether oxygens (including phenoxy) is 1. The molecule has 1 N–H and O–H groups in total.